The Labute approximate surface area is 103 Å². The van der Waals surface area contributed by atoms with Crippen molar-refractivity contribution in [1.82, 2.24) is 4.90 Å². The number of nitrogens with two attached hydrogens (primary N) is 1. The van der Waals surface area contributed by atoms with Gasteiger partial charge in [0.25, 0.3) is 0 Å². The van der Waals surface area contributed by atoms with E-state index in [9.17, 15) is 0 Å². The van der Waals surface area contributed by atoms with Gasteiger partial charge in [0.15, 0.2) is 0 Å². The molecule has 2 aliphatic rings. The average molecular weight is 231 g/mol. The molecule has 3 heteroatoms. The van der Waals surface area contributed by atoms with Crippen molar-refractivity contribution in [3.63, 3.8) is 0 Å². The minimum absolute atomic E-state index is 0.637. The van der Waals surface area contributed by atoms with Crippen LogP contribution in [-0.4, -0.2) is 37.1 Å². The van der Waals surface area contributed by atoms with Crippen molar-refractivity contribution in [1.29, 1.82) is 0 Å². The van der Waals surface area contributed by atoms with Gasteiger partial charge < -0.3 is 10.6 Å². The summed E-state index contributed by atoms with van der Waals surface area (Å²) >= 11 is 0. The molecule has 0 saturated carbocycles. The van der Waals surface area contributed by atoms with Crippen LogP contribution < -0.4 is 10.6 Å². The van der Waals surface area contributed by atoms with Crippen LogP contribution in [0.25, 0.3) is 0 Å². The van der Waals surface area contributed by atoms with Crippen LogP contribution in [0, 0.1) is 0 Å². The van der Waals surface area contributed by atoms with Crippen LogP contribution in [0.3, 0.4) is 0 Å². The molecular formula is C14H21N3. The second kappa shape index (κ2) is 4.31. The SMILES string of the molecule is CN1C2CCC1CN(c1ccccc1CN)C2. The fourth-order valence-electron chi connectivity index (χ4n) is 3.30. The molecule has 2 atom stereocenters. The lowest BCUT2D eigenvalue weighted by atomic mass is 10.1. The summed E-state index contributed by atoms with van der Waals surface area (Å²) in [5, 5.41) is 0. The maximum Gasteiger partial charge on any atom is 0.0412 e. The molecule has 0 aliphatic carbocycles. The molecule has 2 unspecified atom stereocenters. The van der Waals surface area contributed by atoms with E-state index in [2.05, 4.69) is 41.1 Å². The van der Waals surface area contributed by atoms with Crippen molar-refractivity contribution in [3.05, 3.63) is 29.8 Å². The molecule has 1 aromatic carbocycles. The van der Waals surface area contributed by atoms with E-state index in [0.717, 1.165) is 25.2 Å². The van der Waals surface area contributed by atoms with Crippen molar-refractivity contribution in [2.24, 2.45) is 5.73 Å². The molecule has 1 aromatic rings. The molecule has 0 spiro atoms. The first-order valence-corrected chi connectivity index (χ1v) is 6.54. The Hall–Kier alpha value is -1.06. The van der Waals surface area contributed by atoms with Crippen LogP contribution in [-0.2, 0) is 6.54 Å². The molecule has 2 heterocycles. The molecule has 0 aromatic heterocycles. The standard InChI is InChI=1S/C14H21N3/c1-16-12-6-7-13(16)10-17(9-12)14-5-3-2-4-11(14)8-15/h2-5,12-13H,6-10,15H2,1H3. The number of benzene rings is 1. The lowest BCUT2D eigenvalue weighted by Gasteiger charge is -2.40. The highest BCUT2D eigenvalue weighted by Gasteiger charge is 2.37. The van der Waals surface area contributed by atoms with Gasteiger partial charge in [-0.15, -0.1) is 0 Å². The van der Waals surface area contributed by atoms with Crippen LogP contribution >= 0.6 is 0 Å². The van der Waals surface area contributed by atoms with Crippen molar-refractivity contribution in [2.45, 2.75) is 31.5 Å². The number of fused-ring (bicyclic) bond motifs is 2. The zero-order valence-corrected chi connectivity index (χ0v) is 10.5. The normalized spacial score (nSPS) is 28.7. The Morgan fingerprint density at radius 1 is 1.18 bits per heavy atom. The second-order valence-corrected chi connectivity index (χ2v) is 5.29. The summed E-state index contributed by atoms with van der Waals surface area (Å²) in [4.78, 5) is 5.09. The third kappa shape index (κ3) is 1.83. The number of anilines is 1. The molecule has 3 nitrogen and oxygen atoms in total. The summed E-state index contributed by atoms with van der Waals surface area (Å²) in [5.74, 6) is 0. The predicted molar refractivity (Wildman–Crippen MR) is 71.1 cm³/mol. The molecule has 2 aliphatic heterocycles. The van der Waals surface area contributed by atoms with E-state index in [4.69, 9.17) is 5.73 Å². The van der Waals surface area contributed by atoms with Crippen LogP contribution in [0.5, 0.6) is 0 Å². The molecule has 0 radical (unpaired) electrons. The van der Waals surface area contributed by atoms with Gasteiger partial charge in [0.05, 0.1) is 0 Å². The van der Waals surface area contributed by atoms with E-state index >= 15 is 0 Å². The molecular weight excluding hydrogens is 210 g/mol. The van der Waals surface area contributed by atoms with Crippen molar-refractivity contribution >= 4 is 5.69 Å². The number of para-hydroxylation sites is 1. The molecule has 2 bridgehead atoms. The monoisotopic (exact) mass is 231 g/mol. The number of piperazine rings is 1. The highest BCUT2D eigenvalue weighted by Crippen LogP contribution is 2.32. The third-order valence-corrected chi connectivity index (χ3v) is 4.40. The lowest BCUT2D eigenvalue weighted by Crippen LogP contribution is -2.52. The van der Waals surface area contributed by atoms with E-state index in [0.29, 0.717) is 6.54 Å². The van der Waals surface area contributed by atoms with E-state index in [1.165, 1.54) is 24.1 Å². The minimum atomic E-state index is 0.637. The topological polar surface area (TPSA) is 32.5 Å². The average Bonchev–Trinajstić information content (AvgIpc) is 2.61. The van der Waals surface area contributed by atoms with Gasteiger partial charge in [0.2, 0.25) is 0 Å². The first-order chi connectivity index (χ1) is 8.29. The van der Waals surface area contributed by atoms with E-state index in [1.807, 2.05) is 0 Å². The van der Waals surface area contributed by atoms with Gasteiger partial charge in [0, 0.05) is 37.4 Å². The fourth-order valence-corrected chi connectivity index (χ4v) is 3.30. The highest BCUT2D eigenvalue weighted by molar-refractivity contribution is 5.54. The quantitative estimate of drug-likeness (QED) is 0.835. The smallest absolute Gasteiger partial charge is 0.0412 e. The summed E-state index contributed by atoms with van der Waals surface area (Å²) < 4.78 is 0. The Kier molecular flexibility index (Phi) is 2.81. The van der Waals surface area contributed by atoms with E-state index in [1.54, 1.807) is 0 Å². The Morgan fingerprint density at radius 3 is 2.47 bits per heavy atom. The van der Waals surface area contributed by atoms with Crippen molar-refractivity contribution in [2.75, 3.05) is 25.0 Å². The summed E-state index contributed by atoms with van der Waals surface area (Å²) in [6.45, 7) is 2.95. The highest BCUT2D eigenvalue weighted by atomic mass is 15.3. The molecule has 2 fully saturated rings. The molecule has 17 heavy (non-hydrogen) atoms. The number of hydrogen-bond donors (Lipinski definition) is 1. The first-order valence-electron chi connectivity index (χ1n) is 6.54. The van der Waals surface area contributed by atoms with Crippen molar-refractivity contribution < 1.29 is 0 Å². The van der Waals surface area contributed by atoms with Crippen LogP contribution in [0.15, 0.2) is 24.3 Å². The van der Waals surface area contributed by atoms with Gasteiger partial charge in [-0.05, 0) is 31.5 Å². The molecule has 92 valence electrons. The minimum Gasteiger partial charge on any atom is -0.368 e. The number of nitrogens with zero attached hydrogens (tertiary/aromatic N) is 2. The fraction of sp³-hybridized carbons (Fsp3) is 0.571. The Balaban J connectivity index is 1.86. The summed E-state index contributed by atoms with van der Waals surface area (Å²) in [7, 11) is 2.27. The van der Waals surface area contributed by atoms with Gasteiger partial charge in [-0.1, -0.05) is 18.2 Å². The van der Waals surface area contributed by atoms with Gasteiger partial charge in [-0.3, -0.25) is 4.90 Å². The third-order valence-electron chi connectivity index (χ3n) is 4.40. The van der Waals surface area contributed by atoms with E-state index in [-0.39, 0.29) is 0 Å². The zero-order valence-electron chi connectivity index (χ0n) is 10.5. The van der Waals surface area contributed by atoms with Gasteiger partial charge in [-0.2, -0.15) is 0 Å². The van der Waals surface area contributed by atoms with Gasteiger partial charge in [-0.25, -0.2) is 0 Å². The second-order valence-electron chi connectivity index (χ2n) is 5.29. The van der Waals surface area contributed by atoms with Crippen LogP contribution in [0.2, 0.25) is 0 Å². The Bertz CT molecular complexity index is 390. The molecule has 2 N–H and O–H groups in total. The maximum absolute atomic E-state index is 5.83. The molecule has 2 saturated heterocycles. The maximum atomic E-state index is 5.83. The number of hydrogen-bond acceptors (Lipinski definition) is 3. The number of likely N-dealkylation sites (N-methyl/N-ethyl adjacent to an activating group) is 1. The van der Waals surface area contributed by atoms with Crippen LogP contribution in [0.4, 0.5) is 5.69 Å². The molecule has 0 amide bonds. The first kappa shape index (κ1) is 11.1. The zero-order chi connectivity index (χ0) is 11.8. The van der Waals surface area contributed by atoms with Crippen LogP contribution in [0.1, 0.15) is 18.4 Å². The van der Waals surface area contributed by atoms with E-state index < -0.39 is 0 Å². The molecule has 3 rings (SSSR count). The van der Waals surface area contributed by atoms with Gasteiger partial charge >= 0.3 is 0 Å². The summed E-state index contributed by atoms with van der Waals surface area (Å²) in [6.07, 6.45) is 2.70. The number of rotatable bonds is 2. The largest absolute Gasteiger partial charge is 0.368 e. The Morgan fingerprint density at radius 2 is 1.82 bits per heavy atom. The lowest BCUT2D eigenvalue weighted by molar-refractivity contribution is 0.212. The van der Waals surface area contributed by atoms with Crippen molar-refractivity contribution in [3.8, 4) is 0 Å². The summed E-state index contributed by atoms with van der Waals surface area (Å²) in [5.41, 5.74) is 8.45. The summed E-state index contributed by atoms with van der Waals surface area (Å²) in [6, 6.07) is 10.0. The van der Waals surface area contributed by atoms with Gasteiger partial charge in [0.1, 0.15) is 0 Å². The predicted octanol–water partition coefficient (Wildman–Crippen LogP) is 1.43.